The molecule has 1 aromatic carbocycles. The molecule has 0 aliphatic heterocycles. The molecule has 1 heterocycles. The van der Waals surface area contributed by atoms with Crippen molar-refractivity contribution < 1.29 is 17.9 Å². The van der Waals surface area contributed by atoms with E-state index in [1.165, 1.54) is 5.56 Å². The maximum Gasteiger partial charge on any atom is 0.411 e. The second kappa shape index (κ2) is 6.95. The van der Waals surface area contributed by atoms with Crippen molar-refractivity contribution in [2.75, 3.05) is 26.8 Å². The fourth-order valence-electron chi connectivity index (χ4n) is 2.32. The first-order valence-electron chi connectivity index (χ1n) is 6.87. The number of aromatic nitrogens is 1. The summed E-state index contributed by atoms with van der Waals surface area (Å²) in [5.41, 5.74) is 2.22. The molecule has 0 aliphatic carbocycles. The molecule has 0 aliphatic rings. The highest BCUT2D eigenvalue weighted by Gasteiger charge is 2.27. The van der Waals surface area contributed by atoms with E-state index >= 15 is 0 Å². The van der Waals surface area contributed by atoms with E-state index < -0.39 is 12.8 Å². The van der Waals surface area contributed by atoms with Crippen LogP contribution < -0.4 is 5.32 Å². The van der Waals surface area contributed by atoms with E-state index in [4.69, 9.17) is 0 Å². The van der Waals surface area contributed by atoms with Crippen LogP contribution in [0.3, 0.4) is 0 Å². The number of likely N-dealkylation sites (N-methyl/N-ethyl adjacent to an activating group) is 1. The minimum absolute atomic E-state index is 0.0453. The highest BCUT2D eigenvalue weighted by Crippen LogP contribution is 2.22. The summed E-state index contributed by atoms with van der Waals surface area (Å²) in [5, 5.41) is 4.24. The van der Waals surface area contributed by atoms with Crippen LogP contribution in [0.25, 0.3) is 10.9 Å². The van der Waals surface area contributed by atoms with Crippen molar-refractivity contribution in [1.29, 1.82) is 0 Å². The summed E-state index contributed by atoms with van der Waals surface area (Å²) in [5.74, 6) is 0. The molecule has 2 rings (SSSR count). The van der Waals surface area contributed by atoms with Crippen LogP contribution in [0.4, 0.5) is 13.2 Å². The van der Waals surface area contributed by atoms with Gasteiger partial charge in [0.15, 0.2) is 0 Å². The number of halogens is 3. The lowest BCUT2D eigenvalue weighted by Crippen LogP contribution is -2.18. The highest BCUT2D eigenvalue weighted by atomic mass is 19.4. The Balaban J connectivity index is 2.05. The summed E-state index contributed by atoms with van der Waals surface area (Å²) in [6.07, 6.45) is -1.39. The Hall–Kier alpha value is -1.53. The Kier molecular flexibility index (Phi) is 5.25. The Bertz CT molecular complexity index is 578. The molecule has 0 spiro atoms. The summed E-state index contributed by atoms with van der Waals surface area (Å²) in [4.78, 5) is 0. The van der Waals surface area contributed by atoms with Crippen LogP contribution in [-0.2, 0) is 17.7 Å². The molecule has 6 heteroatoms. The Morgan fingerprint density at radius 1 is 1.24 bits per heavy atom. The fraction of sp³-hybridized carbons (Fsp3) is 0.467. The summed E-state index contributed by atoms with van der Waals surface area (Å²) in [7, 11) is 1.89. The SMILES string of the molecule is CNCCc1cn(CCOCC(F)(F)F)c2ccccc12. The van der Waals surface area contributed by atoms with Gasteiger partial charge >= 0.3 is 6.18 Å². The number of nitrogens with zero attached hydrogens (tertiary/aromatic N) is 1. The van der Waals surface area contributed by atoms with Gasteiger partial charge in [-0.05, 0) is 31.6 Å². The molecule has 3 nitrogen and oxygen atoms in total. The molecule has 0 radical (unpaired) electrons. The van der Waals surface area contributed by atoms with Crippen molar-refractivity contribution in [2.45, 2.75) is 19.1 Å². The van der Waals surface area contributed by atoms with Crippen molar-refractivity contribution >= 4 is 10.9 Å². The lowest BCUT2D eigenvalue weighted by atomic mass is 10.1. The van der Waals surface area contributed by atoms with Gasteiger partial charge in [0.25, 0.3) is 0 Å². The number of para-hydroxylation sites is 1. The van der Waals surface area contributed by atoms with Crippen LogP contribution in [0.15, 0.2) is 30.5 Å². The maximum atomic E-state index is 12.0. The van der Waals surface area contributed by atoms with Gasteiger partial charge in [-0.2, -0.15) is 13.2 Å². The molecule has 116 valence electrons. The quantitative estimate of drug-likeness (QED) is 0.796. The van der Waals surface area contributed by atoms with E-state index in [-0.39, 0.29) is 6.61 Å². The van der Waals surface area contributed by atoms with Gasteiger partial charge in [0.1, 0.15) is 6.61 Å². The molecule has 0 amide bonds. The Morgan fingerprint density at radius 3 is 2.71 bits per heavy atom. The Labute approximate surface area is 121 Å². The van der Waals surface area contributed by atoms with Crippen molar-refractivity contribution in [3.63, 3.8) is 0 Å². The standard InChI is InChI=1S/C15H19F3N2O/c1-19-7-6-12-10-20(8-9-21-11-15(16,17)18)14-5-3-2-4-13(12)14/h2-5,10,19H,6-9,11H2,1H3. The molecule has 0 fully saturated rings. The molecular formula is C15H19F3N2O. The maximum absolute atomic E-state index is 12.0. The molecule has 0 bridgehead atoms. The van der Waals surface area contributed by atoms with Crippen LogP contribution >= 0.6 is 0 Å². The van der Waals surface area contributed by atoms with Crippen molar-refractivity contribution in [2.24, 2.45) is 0 Å². The largest absolute Gasteiger partial charge is 0.411 e. The Morgan fingerprint density at radius 2 is 2.00 bits per heavy atom. The van der Waals surface area contributed by atoms with Gasteiger partial charge in [-0.25, -0.2) is 0 Å². The number of nitrogens with one attached hydrogen (secondary N) is 1. The van der Waals surface area contributed by atoms with Gasteiger partial charge in [-0.3, -0.25) is 0 Å². The van der Waals surface area contributed by atoms with E-state index in [0.29, 0.717) is 6.54 Å². The zero-order chi connectivity index (χ0) is 15.3. The van der Waals surface area contributed by atoms with E-state index in [1.54, 1.807) is 0 Å². The van der Waals surface area contributed by atoms with Gasteiger partial charge in [0.2, 0.25) is 0 Å². The molecule has 2 aromatic rings. The molecule has 0 saturated heterocycles. The summed E-state index contributed by atoms with van der Waals surface area (Å²) >= 11 is 0. The predicted octanol–water partition coefficient (Wildman–Crippen LogP) is 2.98. The number of hydrogen-bond acceptors (Lipinski definition) is 2. The third-order valence-corrected chi connectivity index (χ3v) is 3.26. The number of fused-ring (bicyclic) bond motifs is 1. The van der Waals surface area contributed by atoms with Gasteiger partial charge in [0, 0.05) is 23.6 Å². The predicted molar refractivity (Wildman–Crippen MR) is 76.4 cm³/mol. The minimum atomic E-state index is -4.27. The summed E-state index contributed by atoms with van der Waals surface area (Å²) in [6, 6.07) is 7.91. The third kappa shape index (κ3) is 4.47. The van der Waals surface area contributed by atoms with Crippen LogP contribution in [0, 0.1) is 0 Å². The van der Waals surface area contributed by atoms with Crippen molar-refractivity contribution in [3.05, 3.63) is 36.0 Å². The van der Waals surface area contributed by atoms with Crippen LogP contribution in [0.1, 0.15) is 5.56 Å². The van der Waals surface area contributed by atoms with Crippen LogP contribution in [0.2, 0.25) is 0 Å². The number of benzene rings is 1. The fourth-order valence-corrected chi connectivity index (χ4v) is 2.32. The lowest BCUT2D eigenvalue weighted by molar-refractivity contribution is -0.174. The number of hydrogen-bond donors (Lipinski definition) is 1. The zero-order valence-corrected chi connectivity index (χ0v) is 11.9. The number of rotatable bonds is 7. The van der Waals surface area contributed by atoms with Gasteiger partial charge in [0.05, 0.1) is 6.61 Å². The summed E-state index contributed by atoms with van der Waals surface area (Å²) < 4.78 is 42.8. The first-order chi connectivity index (χ1) is 10.0. The molecule has 1 N–H and O–H groups in total. The average molecular weight is 300 g/mol. The van der Waals surface area contributed by atoms with Crippen LogP contribution in [0.5, 0.6) is 0 Å². The molecule has 0 saturated carbocycles. The molecule has 0 unspecified atom stereocenters. The highest BCUT2D eigenvalue weighted by molar-refractivity contribution is 5.84. The van der Waals surface area contributed by atoms with E-state index in [2.05, 4.69) is 10.1 Å². The summed E-state index contributed by atoms with van der Waals surface area (Å²) in [6.45, 7) is 0.122. The van der Waals surface area contributed by atoms with Gasteiger partial charge in [-0.15, -0.1) is 0 Å². The van der Waals surface area contributed by atoms with E-state index in [0.717, 1.165) is 23.9 Å². The van der Waals surface area contributed by atoms with E-state index in [9.17, 15) is 13.2 Å². The second-order valence-electron chi connectivity index (χ2n) is 4.89. The minimum Gasteiger partial charge on any atom is -0.370 e. The normalized spacial score (nSPS) is 12.2. The molecule has 21 heavy (non-hydrogen) atoms. The smallest absolute Gasteiger partial charge is 0.370 e. The number of alkyl halides is 3. The molecule has 0 atom stereocenters. The van der Waals surface area contributed by atoms with E-state index in [1.807, 2.05) is 42.1 Å². The topological polar surface area (TPSA) is 26.2 Å². The first-order valence-corrected chi connectivity index (χ1v) is 6.87. The van der Waals surface area contributed by atoms with Crippen LogP contribution in [-0.4, -0.2) is 37.5 Å². The van der Waals surface area contributed by atoms with Crippen molar-refractivity contribution in [1.82, 2.24) is 9.88 Å². The first kappa shape index (κ1) is 15.9. The van der Waals surface area contributed by atoms with Gasteiger partial charge < -0.3 is 14.6 Å². The second-order valence-corrected chi connectivity index (χ2v) is 4.89. The molecule has 1 aromatic heterocycles. The average Bonchev–Trinajstić information content (AvgIpc) is 2.79. The van der Waals surface area contributed by atoms with Crippen molar-refractivity contribution in [3.8, 4) is 0 Å². The van der Waals surface area contributed by atoms with Gasteiger partial charge in [-0.1, -0.05) is 18.2 Å². The zero-order valence-electron chi connectivity index (χ0n) is 11.9. The molecular weight excluding hydrogens is 281 g/mol. The third-order valence-electron chi connectivity index (χ3n) is 3.26. The number of ether oxygens (including phenoxy) is 1. The lowest BCUT2D eigenvalue weighted by Gasteiger charge is -2.09. The monoisotopic (exact) mass is 300 g/mol.